The molecular weight excluding hydrogens is 208 g/mol. The average molecular weight is 221 g/mol. The minimum absolute atomic E-state index is 0. The molecule has 4 N–H and O–H groups in total. The lowest BCUT2D eigenvalue weighted by Crippen LogP contribution is -2.46. The van der Waals surface area contributed by atoms with Crippen molar-refractivity contribution in [3.05, 3.63) is 0 Å². The molecule has 5 nitrogen and oxygen atoms in total. The molecule has 80 valence electrons. The van der Waals surface area contributed by atoms with Crippen LogP contribution in [0.3, 0.4) is 0 Å². The van der Waals surface area contributed by atoms with Gasteiger partial charge in [-0.1, -0.05) is 0 Å². The second-order valence-corrected chi connectivity index (χ2v) is 2.58. The number of nitrogens with one attached hydrogen (secondary N) is 1. The van der Waals surface area contributed by atoms with E-state index in [1.54, 1.807) is 0 Å². The number of rotatable bonds is 4. The van der Waals surface area contributed by atoms with Gasteiger partial charge in [0.15, 0.2) is 0 Å². The van der Waals surface area contributed by atoms with Crippen molar-refractivity contribution < 1.29 is 14.7 Å². The number of carboxylic acid groups (broad SMARTS) is 1. The molecule has 2 atom stereocenters. The quantitative estimate of drug-likeness (QED) is 0.549. The molecule has 0 aromatic rings. The molecule has 0 aliphatic heterocycles. The molecule has 0 radical (unpaired) electrons. The first-order chi connectivity index (χ1) is 5.99. The highest BCUT2D eigenvalue weighted by atomic mass is 35.5. The SMILES string of the molecule is C#CC[C@@H](N)C(=O)N[C@H](C)C(=O)O.Cl. The largest absolute Gasteiger partial charge is 0.480 e. The number of hydrogen-bond acceptors (Lipinski definition) is 3. The van der Waals surface area contributed by atoms with E-state index in [0.717, 1.165) is 0 Å². The number of nitrogens with two attached hydrogens (primary N) is 1. The number of halogens is 1. The van der Waals surface area contributed by atoms with Crippen LogP contribution in [0.15, 0.2) is 0 Å². The highest BCUT2D eigenvalue weighted by Gasteiger charge is 2.18. The lowest BCUT2D eigenvalue weighted by atomic mass is 10.2. The molecule has 0 bridgehead atoms. The summed E-state index contributed by atoms with van der Waals surface area (Å²) < 4.78 is 0. The number of hydrogen-bond donors (Lipinski definition) is 3. The maximum Gasteiger partial charge on any atom is 0.325 e. The molecule has 0 fully saturated rings. The first-order valence-electron chi connectivity index (χ1n) is 3.71. The van der Waals surface area contributed by atoms with Crippen molar-refractivity contribution in [1.29, 1.82) is 0 Å². The Hall–Kier alpha value is -1.25. The highest BCUT2D eigenvalue weighted by Crippen LogP contribution is 1.88. The topological polar surface area (TPSA) is 92.4 Å². The van der Waals surface area contributed by atoms with Gasteiger partial charge in [-0.2, -0.15) is 0 Å². The van der Waals surface area contributed by atoms with Crippen molar-refractivity contribution in [2.24, 2.45) is 5.73 Å². The summed E-state index contributed by atoms with van der Waals surface area (Å²) in [6, 6.07) is -1.79. The number of carbonyl (C=O) groups is 2. The van der Waals surface area contributed by atoms with Crippen LogP contribution in [0.1, 0.15) is 13.3 Å². The lowest BCUT2D eigenvalue weighted by molar-refractivity contribution is -0.141. The average Bonchev–Trinajstić information content (AvgIpc) is 2.04. The molecule has 0 rings (SSSR count). The van der Waals surface area contributed by atoms with Gasteiger partial charge < -0.3 is 16.2 Å². The molecule has 0 heterocycles. The summed E-state index contributed by atoms with van der Waals surface area (Å²) in [4.78, 5) is 21.4. The first kappa shape index (κ1) is 15.2. The van der Waals surface area contributed by atoms with Gasteiger partial charge in [0.05, 0.1) is 6.04 Å². The number of carboxylic acids is 1. The van der Waals surface area contributed by atoms with Gasteiger partial charge in [0.2, 0.25) is 5.91 Å². The van der Waals surface area contributed by atoms with Crippen LogP contribution < -0.4 is 11.1 Å². The molecule has 0 unspecified atom stereocenters. The summed E-state index contributed by atoms with van der Waals surface area (Å²) in [6.45, 7) is 1.35. The van der Waals surface area contributed by atoms with E-state index in [4.69, 9.17) is 17.3 Å². The van der Waals surface area contributed by atoms with Crippen molar-refractivity contribution in [3.63, 3.8) is 0 Å². The third-order valence-electron chi connectivity index (χ3n) is 1.40. The molecule has 0 aromatic carbocycles. The van der Waals surface area contributed by atoms with Gasteiger partial charge >= 0.3 is 5.97 Å². The zero-order valence-electron chi connectivity index (χ0n) is 7.69. The fourth-order valence-electron chi connectivity index (χ4n) is 0.602. The number of amides is 1. The van der Waals surface area contributed by atoms with Crippen LogP contribution in [0.2, 0.25) is 0 Å². The van der Waals surface area contributed by atoms with Gasteiger partial charge in [0.25, 0.3) is 0 Å². The minimum Gasteiger partial charge on any atom is -0.480 e. The van der Waals surface area contributed by atoms with Crippen LogP contribution in [0.4, 0.5) is 0 Å². The molecule has 0 aliphatic rings. The van der Waals surface area contributed by atoms with E-state index in [1.807, 2.05) is 0 Å². The Labute approximate surface area is 88.5 Å². The first-order valence-corrected chi connectivity index (χ1v) is 3.71. The minimum atomic E-state index is -1.11. The van der Waals surface area contributed by atoms with Crippen LogP contribution in [0.5, 0.6) is 0 Å². The molecular formula is C8H13ClN2O3. The standard InChI is InChI=1S/C8H12N2O3.ClH/c1-3-4-6(9)7(11)10-5(2)8(12)13;/h1,5-6H,4,9H2,2H3,(H,10,11)(H,12,13);1H/t5-,6-;/m1./s1. The molecule has 0 saturated heterocycles. The van der Waals surface area contributed by atoms with Gasteiger partial charge in [0, 0.05) is 6.42 Å². The normalized spacial score (nSPS) is 12.9. The molecule has 0 aromatic heterocycles. The van der Waals surface area contributed by atoms with E-state index in [9.17, 15) is 9.59 Å². The Morgan fingerprint density at radius 1 is 1.64 bits per heavy atom. The van der Waals surface area contributed by atoms with Crippen molar-refractivity contribution in [2.75, 3.05) is 0 Å². The summed E-state index contributed by atoms with van der Waals surface area (Å²) in [5.74, 6) is 0.559. The van der Waals surface area contributed by atoms with E-state index in [0.29, 0.717) is 0 Å². The van der Waals surface area contributed by atoms with Crippen molar-refractivity contribution >= 4 is 24.3 Å². The molecule has 0 saturated carbocycles. The van der Waals surface area contributed by atoms with Crippen molar-refractivity contribution in [1.82, 2.24) is 5.32 Å². The zero-order valence-corrected chi connectivity index (χ0v) is 8.50. The van der Waals surface area contributed by atoms with Crippen LogP contribution >= 0.6 is 12.4 Å². The van der Waals surface area contributed by atoms with Gasteiger partial charge in [-0.05, 0) is 6.92 Å². The Morgan fingerprint density at radius 2 is 2.14 bits per heavy atom. The third-order valence-corrected chi connectivity index (χ3v) is 1.40. The van der Waals surface area contributed by atoms with Crippen LogP contribution in [-0.4, -0.2) is 29.1 Å². The lowest BCUT2D eigenvalue weighted by Gasteiger charge is -2.12. The second kappa shape index (κ2) is 7.18. The fourth-order valence-corrected chi connectivity index (χ4v) is 0.602. The Kier molecular flexibility index (Phi) is 7.81. The monoisotopic (exact) mass is 220 g/mol. The predicted molar refractivity (Wildman–Crippen MR) is 53.9 cm³/mol. The van der Waals surface area contributed by atoms with Gasteiger partial charge in [0.1, 0.15) is 6.04 Å². The molecule has 1 amide bonds. The summed E-state index contributed by atoms with van der Waals surface area (Å²) in [5.41, 5.74) is 5.33. The molecule has 0 spiro atoms. The van der Waals surface area contributed by atoms with E-state index in [1.165, 1.54) is 6.92 Å². The number of terminal acetylenes is 1. The Bertz CT molecular complexity index is 249. The Balaban J connectivity index is 0. The third kappa shape index (κ3) is 5.41. The maximum atomic E-state index is 11.1. The summed E-state index contributed by atoms with van der Waals surface area (Å²) in [7, 11) is 0. The predicted octanol–water partition coefficient (Wildman–Crippen LogP) is -0.652. The van der Waals surface area contributed by atoms with E-state index in [2.05, 4.69) is 11.2 Å². The van der Waals surface area contributed by atoms with Crippen LogP contribution in [0, 0.1) is 12.3 Å². The van der Waals surface area contributed by atoms with Gasteiger partial charge in [-0.3, -0.25) is 9.59 Å². The summed E-state index contributed by atoms with van der Waals surface area (Å²) in [6.07, 6.45) is 5.03. The smallest absolute Gasteiger partial charge is 0.325 e. The maximum absolute atomic E-state index is 11.1. The molecule has 0 aliphatic carbocycles. The number of carbonyl (C=O) groups excluding carboxylic acids is 1. The second-order valence-electron chi connectivity index (χ2n) is 2.58. The Morgan fingerprint density at radius 3 is 2.50 bits per heavy atom. The van der Waals surface area contributed by atoms with Crippen molar-refractivity contribution in [3.8, 4) is 12.3 Å². The van der Waals surface area contributed by atoms with Gasteiger partial charge in [-0.15, -0.1) is 24.8 Å². The van der Waals surface area contributed by atoms with Crippen LogP contribution in [0.25, 0.3) is 0 Å². The van der Waals surface area contributed by atoms with E-state index >= 15 is 0 Å². The van der Waals surface area contributed by atoms with Crippen LogP contribution in [-0.2, 0) is 9.59 Å². The van der Waals surface area contributed by atoms with E-state index < -0.39 is 24.0 Å². The number of aliphatic carboxylic acids is 1. The van der Waals surface area contributed by atoms with Crippen molar-refractivity contribution in [2.45, 2.75) is 25.4 Å². The summed E-state index contributed by atoms with van der Waals surface area (Å²) in [5, 5.41) is 10.7. The highest BCUT2D eigenvalue weighted by molar-refractivity contribution is 5.86. The molecule has 6 heteroatoms. The van der Waals surface area contributed by atoms with E-state index in [-0.39, 0.29) is 18.8 Å². The van der Waals surface area contributed by atoms with Gasteiger partial charge in [-0.25, -0.2) is 0 Å². The molecule has 14 heavy (non-hydrogen) atoms. The zero-order chi connectivity index (χ0) is 10.4. The summed E-state index contributed by atoms with van der Waals surface area (Å²) >= 11 is 0. The fraction of sp³-hybridized carbons (Fsp3) is 0.500.